The normalized spacial score (nSPS) is 9.78. The Labute approximate surface area is 105 Å². The van der Waals surface area contributed by atoms with Gasteiger partial charge < -0.3 is 16.4 Å². The van der Waals surface area contributed by atoms with E-state index in [2.05, 4.69) is 32.2 Å². The lowest BCUT2D eigenvalue weighted by atomic mass is 10.4. The zero-order valence-electron chi connectivity index (χ0n) is 9.80. The van der Waals surface area contributed by atoms with Gasteiger partial charge in [-0.3, -0.25) is 0 Å². The van der Waals surface area contributed by atoms with Gasteiger partial charge in [0.2, 0.25) is 0 Å². The number of nitrogens with two attached hydrogens (primary N) is 1. The molecule has 4 N–H and O–H groups in total. The molecule has 0 aliphatic rings. The van der Waals surface area contributed by atoms with Gasteiger partial charge in [0.25, 0.3) is 0 Å². The fraction of sp³-hybridized carbons (Fsp3) is 0.0833. The number of nitrogens with zero attached hydrogens (tertiary/aromatic N) is 3. The van der Waals surface area contributed by atoms with Crippen LogP contribution in [0.25, 0.3) is 0 Å². The summed E-state index contributed by atoms with van der Waals surface area (Å²) in [6.45, 7) is 4.21. The molecule has 0 atom stereocenters. The van der Waals surface area contributed by atoms with Gasteiger partial charge in [0.15, 0.2) is 11.6 Å². The van der Waals surface area contributed by atoms with Crippen LogP contribution in [0.4, 0.5) is 23.1 Å². The first-order valence-corrected chi connectivity index (χ1v) is 5.44. The average Bonchev–Trinajstić information content (AvgIpc) is 2.41. The van der Waals surface area contributed by atoms with Crippen molar-refractivity contribution in [2.24, 2.45) is 0 Å². The molecule has 6 nitrogen and oxygen atoms in total. The third kappa shape index (κ3) is 2.73. The minimum absolute atomic E-state index is 0.449. The number of rotatable bonds is 5. The maximum atomic E-state index is 5.96. The van der Waals surface area contributed by atoms with Gasteiger partial charge in [0.1, 0.15) is 17.8 Å². The van der Waals surface area contributed by atoms with E-state index in [0.29, 0.717) is 29.7 Å². The lowest BCUT2D eigenvalue weighted by molar-refractivity contribution is 1.14. The SMILES string of the molecule is C=CCNc1ncnc(Nc2ccccn2)c1N. The first-order valence-electron chi connectivity index (χ1n) is 5.44. The second-order valence-electron chi connectivity index (χ2n) is 3.49. The molecule has 0 aliphatic carbocycles. The summed E-state index contributed by atoms with van der Waals surface area (Å²) in [4.78, 5) is 12.3. The highest BCUT2D eigenvalue weighted by molar-refractivity contribution is 5.76. The van der Waals surface area contributed by atoms with Crippen LogP contribution < -0.4 is 16.4 Å². The van der Waals surface area contributed by atoms with E-state index < -0.39 is 0 Å². The number of hydrogen-bond acceptors (Lipinski definition) is 6. The van der Waals surface area contributed by atoms with Crippen LogP contribution in [0, 0.1) is 0 Å². The maximum Gasteiger partial charge on any atom is 0.160 e. The third-order valence-electron chi connectivity index (χ3n) is 2.21. The second kappa shape index (κ2) is 5.62. The molecule has 18 heavy (non-hydrogen) atoms. The summed E-state index contributed by atoms with van der Waals surface area (Å²) in [5.74, 6) is 1.77. The zero-order chi connectivity index (χ0) is 12.8. The Morgan fingerprint density at radius 3 is 2.78 bits per heavy atom. The van der Waals surface area contributed by atoms with Crippen molar-refractivity contribution in [3.8, 4) is 0 Å². The first kappa shape index (κ1) is 11.8. The van der Waals surface area contributed by atoms with Crippen molar-refractivity contribution in [2.45, 2.75) is 0 Å². The van der Waals surface area contributed by atoms with Crippen molar-refractivity contribution < 1.29 is 0 Å². The molecular weight excluding hydrogens is 228 g/mol. The van der Waals surface area contributed by atoms with Crippen LogP contribution in [0.2, 0.25) is 0 Å². The molecule has 0 radical (unpaired) electrons. The summed E-state index contributed by atoms with van der Waals surface area (Å²) in [6, 6.07) is 5.55. The van der Waals surface area contributed by atoms with Crippen molar-refractivity contribution in [3.63, 3.8) is 0 Å². The van der Waals surface area contributed by atoms with E-state index in [1.165, 1.54) is 6.33 Å². The van der Waals surface area contributed by atoms with E-state index in [1.807, 2.05) is 18.2 Å². The summed E-state index contributed by atoms with van der Waals surface area (Å²) < 4.78 is 0. The number of anilines is 4. The lowest BCUT2D eigenvalue weighted by Crippen LogP contribution is -2.08. The summed E-state index contributed by atoms with van der Waals surface area (Å²) in [6.07, 6.45) is 4.86. The molecule has 0 aliphatic heterocycles. The Bertz CT molecular complexity index is 525. The zero-order valence-corrected chi connectivity index (χ0v) is 9.80. The highest BCUT2D eigenvalue weighted by Crippen LogP contribution is 2.24. The monoisotopic (exact) mass is 242 g/mol. The summed E-state index contributed by atoms with van der Waals surface area (Å²) in [7, 11) is 0. The first-order chi connectivity index (χ1) is 8.81. The minimum Gasteiger partial charge on any atom is -0.393 e. The minimum atomic E-state index is 0.449. The van der Waals surface area contributed by atoms with Crippen LogP contribution in [-0.2, 0) is 0 Å². The molecule has 92 valence electrons. The van der Waals surface area contributed by atoms with Crippen molar-refractivity contribution in [1.82, 2.24) is 15.0 Å². The molecule has 2 heterocycles. The standard InChI is InChI=1S/C12H14N6/c1-2-6-15-11-10(13)12(17-8-16-11)18-9-5-3-4-7-14-9/h2-5,7-8H,1,6,13H2,(H2,14,15,16,17,18). The van der Waals surface area contributed by atoms with Gasteiger partial charge >= 0.3 is 0 Å². The van der Waals surface area contributed by atoms with Crippen LogP contribution in [0.1, 0.15) is 0 Å². The number of pyridine rings is 1. The molecule has 0 fully saturated rings. The quantitative estimate of drug-likeness (QED) is 0.693. The molecule has 2 aromatic heterocycles. The Hall–Kier alpha value is -2.63. The van der Waals surface area contributed by atoms with Gasteiger partial charge in [-0.2, -0.15) is 0 Å². The molecule has 0 aromatic carbocycles. The lowest BCUT2D eigenvalue weighted by Gasteiger charge is -2.10. The molecule has 0 amide bonds. The van der Waals surface area contributed by atoms with E-state index >= 15 is 0 Å². The molecule has 0 saturated carbocycles. The van der Waals surface area contributed by atoms with Crippen molar-refractivity contribution in [2.75, 3.05) is 22.9 Å². The van der Waals surface area contributed by atoms with E-state index in [-0.39, 0.29) is 0 Å². The smallest absolute Gasteiger partial charge is 0.160 e. The van der Waals surface area contributed by atoms with Crippen LogP contribution in [0.3, 0.4) is 0 Å². The number of nitrogens with one attached hydrogen (secondary N) is 2. The van der Waals surface area contributed by atoms with Gasteiger partial charge in [0.05, 0.1) is 0 Å². The fourth-order valence-electron chi connectivity index (χ4n) is 1.36. The van der Waals surface area contributed by atoms with Gasteiger partial charge in [-0.25, -0.2) is 15.0 Å². The van der Waals surface area contributed by atoms with Crippen LogP contribution in [0.5, 0.6) is 0 Å². The molecule has 0 saturated heterocycles. The van der Waals surface area contributed by atoms with Gasteiger partial charge in [-0.05, 0) is 12.1 Å². The molecular formula is C12H14N6. The van der Waals surface area contributed by atoms with Crippen molar-refractivity contribution in [3.05, 3.63) is 43.4 Å². The Balaban J connectivity index is 2.20. The second-order valence-corrected chi connectivity index (χ2v) is 3.49. The van der Waals surface area contributed by atoms with E-state index in [4.69, 9.17) is 5.73 Å². The Morgan fingerprint density at radius 2 is 2.06 bits per heavy atom. The third-order valence-corrected chi connectivity index (χ3v) is 2.21. The van der Waals surface area contributed by atoms with Crippen molar-refractivity contribution in [1.29, 1.82) is 0 Å². The number of aromatic nitrogens is 3. The maximum absolute atomic E-state index is 5.96. The molecule has 6 heteroatoms. The van der Waals surface area contributed by atoms with Crippen LogP contribution in [-0.4, -0.2) is 21.5 Å². The highest BCUT2D eigenvalue weighted by atomic mass is 15.1. The Morgan fingerprint density at radius 1 is 1.22 bits per heavy atom. The van der Waals surface area contributed by atoms with Crippen LogP contribution in [0.15, 0.2) is 43.4 Å². The molecule has 2 aromatic rings. The van der Waals surface area contributed by atoms with Crippen molar-refractivity contribution >= 4 is 23.1 Å². The fourth-order valence-corrected chi connectivity index (χ4v) is 1.36. The average molecular weight is 242 g/mol. The van der Waals surface area contributed by atoms with E-state index in [0.717, 1.165) is 0 Å². The van der Waals surface area contributed by atoms with Crippen LogP contribution >= 0.6 is 0 Å². The molecule has 0 spiro atoms. The topological polar surface area (TPSA) is 88.8 Å². The predicted molar refractivity (Wildman–Crippen MR) is 72.7 cm³/mol. The summed E-state index contributed by atoms with van der Waals surface area (Å²) in [5.41, 5.74) is 6.41. The highest BCUT2D eigenvalue weighted by Gasteiger charge is 2.07. The van der Waals surface area contributed by atoms with Gasteiger partial charge in [-0.15, -0.1) is 6.58 Å². The largest absolute Gasteiger partial charge is 0.393 e. The Kier molecular flexibility index (Phi) is 3.70. The molecule has 0 bridgehead atoms. The predicted octanol–water partition coefficient (Wildman–Crippen LogP) is 1.80. The van der Waals surface area contributed by atoms with E-state index in [9.17, 15) is 0 Å². The summed E-state index contributed by atoms with van der Waals surface area (Å²) in [5, 5.41) is 6.07. The molecule has 0 unspecified atom stereocenters. The van der Waals surface area contributed by atoms with Gasteiger partial charge in [0, 0.05) is 12.7 Å². The number of nitrogen functional groups attached to an aromatic ring is 1. The molecule has 2 rings (SSSR count). The van der Waals surface area contributed by atoms with E-state index in [1.54, 1.807) is 12.3 Å². The van der Waals surface area contributed by atoms with Gasteiger partial charge in [-0.1, -0.05) is 12.1 Å². The summed E-state index contributed by atoms with van der Waals surface area (Å²) >= 11 is 0. The number of hydrogen-bond donors (Lipinski definition) is 3.